The highest BCUT2D eigenvalue weighted by Gasteiger charge is 2.46. The Morgan fingerprint density at radius 2 is 1.76 bits per heavy atom. The lowest BCUT2D eigenvalue weighted by Gasteiger charge is -2.29. The van der Waals surface area contributed by atoms with Crippen LogP contribution in [0.4, 0.5) is 0 Å². The fourth-order valence-corrected chi connectivity index (χ4v) is 4.93. The Hall–Kier alpha value is -3.56. The normalized spacial score (nSPS) is 19.6. The molecule has 9 nitrogen and oxygen atoms in total. The Morgan fingerprint density at radius 1 is 1.00 bits per heavy atom. The first-order valence-electron chi connectivity index (χ1n) is 13.1. The van der Waals surface area contributed by atoms with Gasteiger partial charge in [0, 0.05) is 31.7 Å². The quantitative estimate of drug-likeness (QED) is 0.270. The monoisotopic (exact) mass is 524 g/mol. The van der Waals surface area contributed by atoms with Crippen molar-refractivity contribution in [3.8, 4) is 17.2 Å². The van der Waals surface area contributed by atoms with E-state index >= 15 is 0 Å². The SMILES string of the molecule is CCOc1cccc(C(O)=C2C(=O)C(=O)N(CCCN3CCOCC3)C2c2ccc(OCC)c(OC)c2)c1. The molecule has 9 heteroatoms. The molecule has 0 spiro atoms. The minimum atomic E-state index is -0.778. The van der Waals surface area contributed by atoms with Gasteiger partial charge in [-0.15, -0.1) is 0 Å². The van der Waals surface area contributed by atoms with Crippen molar-refractivity contribution in [2.75, 3.05) is 59.7 Å². The van der Waals surface area contributed by atoms with E-state index in [1.165, 1.54) is 0 Å². The van der Waals surface area contributed by atoms with Gasteiger partial charge in [0.2, 0.25) is 0 Å². The molecule has 0 aliphatic carbocycles. The van der Waals surface area contributed by atoms with E-state index in [4.69, 9.17) is 18.9 Å². The van der Waals surface area contributed by atoms with E-state index in [1.54, 1.807) is 48.4 Å². The van der Waals surface area contributed by atoms with Crippen LogP contribution in [-0.2, 0) is 14.3 Å². The number of carbonyl (C=O) groups is 2. The molecule has 2 aliphatic heterocycles. The number of Topliss-reactive ketones (excluding diaryl/α,β-unsaturated/α-hetero) is 1. The molecule has 0 saturated carbocycles. The van der Waals surface area contributed by atoms with Crippen molar-refractivity contribution < 1.29 is 33.6 Å². The van der Waals surface area contributed by atoms with Crippen LogP contribution < -0.4 is 14.2 Å². The Labute approximate surface area is 223 Å². The first-order valence-corrected chi connectivity index (χ1v) is 13.1. The molecule has 0 radical (unpaired) electrons. The van der Waals surface area contributed by atoms with Gasteiger partial charge < -0.3 is 29.0 Å². The highest BCUT2D eigenvalue weighted by Crippen LogP contribution is 2.42. The van der Waals surface area contributed by atoms with E-state index in [9.17, 15) is 14.7 Å². The zero-order chi connectivity index (χ0) is 27.1. The molecule has 1 N–H and O–H groups in total. The zero-order valence-corrected chi connectivity index (χ0v) is 22.3. The van der Waals surface area contributed by atoms with E-state index in [-0.39, 0.29) is 11.3 Å². The second-order valence-electron chi connectivity index (χ2n) is 9.10. The van der Waals surface area contributed by atoms with Gasteiger partial charge in [0.25, 0.3) is 11.7 Å². The van der Waals surface area contributed by atoms with Gasteiger partial charge in [-0.05, 0) is 50.1 Å². The molecule has 2 saturated heterocycles. The summed E-state index contributed by atoms with van der Waals surface area (Å²) in [5.41, 5.74) is 1.10. The van der Waals surface area contributed by atoms with Gasteiger partial charge in [-0.3, -0.25) is 14.5 Å². The second kappa shape index (κ2) is 12.8. The number of aliphatic hydroxyl groups is 1. The maximum atomic E-state index is 13.4. The standard InChI is InChI=1S/C29H36N2O7/c1-4-37-22-9-6-8-21(18-22)27(32)25-26(20-10-11-23(38-5-2)24(19-20)35-3)31(29(34)28(25)33)13-7-12-30-14-16-36-17-15-30/h6,8-11,18-19,26,32H,4-5,7,12-17H2,1-3H3. The molecular weight excluding hydrogens is 488 g/mol. The van der Waals surface area contributed by atoms with Gasteiger partial charge in [0.05, 0.1) is 45.2 Å². The molecule has 1 amide bonds. The summed E-state index contributed by atoms with van der Waals surface area (Å²) in [7, 11) is 1.54. The number of methoxy groups -OCH3 is 1. The zero-order valence-electron chi connectivity index (χ0n) is 22.3. The van der Waals surface area contributed by atoms with Gasteiger partial charge in [0.15, 0.2) is 11.5 Å². The van der Waals surface area contributed by atoms with Crippen LogP contribution in [-0.4, -0.2) is 86.3 Å². The number of hydrogen-bond acceptors (Lipinski definition) is 8. The average Bonchev–Trinajstić information content (AvgIpc) is 3.19. The third-order valence-electron chi connectivity index (χ3n) is 6.74. The van der Waals surface area contributed by atoms with Crippen LogP contribution in [0.25, 0.3) is 5.76 Å². The molecule has 2 aliphatic rings. The molecule has 38 heavy (non-hydrogen) atoms. The number of benzene rings is 2. The predicted molar refractivity (Wildman–Crippen MR) is 143 cm³/mol. The minimum absolute atomic E-state index is 0.0428. The van der Waals surface area contributed by atoms with Crippen LogP contribution in [0.15, 0.2) is 48.0 Å². The van der Waals surface area contributed by atoms with Crippen LogP contribution >= 0.6 is 0 Å². The van der Waals surface area contributed by atoms with Crippen LogP contribution in [0, 0.1) is 0 Å². The van der Waals surface area contributed by atoms with Crippen LogP contribution in [0.3, 0.4) is 0 Å². The van der Waals surface area contributed by atoms with Crippen molar-refractivity contribution in [3.05, 3.63) is 59.2 Å². The lowest BCUT2D eigenvalue weighted by atomic mass is 9.95. The van der Waals surface area contributed by atoms with Gasteiger partial charge in [0.1, 0.15) is 11.5 Å². The third kappa shape index (κ3) is 5.95. The van der Waals surface area contributed by atoms with Gasteiger partial charge in [-0.1, -0.05) is 18.2 Å². The summed E-state index contributed by atoms with van der Waals surface area (Å²) in [6, 6.07) is 11.4. The molecule has 2 aromatic carbocycles. The fraction of sp³-hybridized carbons (Fsp3) is 0.448. The molecule has 4 rings (SSSR count). The number of aliphatic hydroxyl groups excluding tert-OH is 1. The second-order valence-corrected chi connectivity index (χ2v) is 9.10. The number of hydrogen-bond donors (Lipinski definition) is 1. The molecule has 2 fully saturated rings. The third-order valence-corrected chi connectivity index (χ3v) is 6.74. The number of amides is 1. The first kappa shape index (κ1) is 27.5. The summed E-state index contributed by atoms with van der Waals surface area (Å²) in [5, 5.41) is 11.4. The van der Waals surface area contributed by atoms with Crippen LogP contribution in [0.2, 0.25) is 0 Å². The number of rotatable bonds is 11. The summed E-state index contributed by atoms with van der Waals surface area (Å²) in [6.07, 6.45) is 0.678. The highest BCUT2D eigenvalue weighted by atomic mass is 16.5. The van der Waals surface area contributed by atoms with E-state index in [1.807, 2.05) is 19.9 Å². The Bertz CT molecular complexity index is 1170. The number of ketones is 1. The van der Waals surface area contributed by atoms with Crippen molar-refractivity contribution >= 4 is 17.4 Å². The van der Waals surface area contributed by atoms with E-state index in [0.717, 1.165) is 19.6 Å². The number of ether oxygens (including phenoxy) is 4. The van der Waals surface area contributed by atoms with Crippen LogP contribution in [0.1, 0.15) is 37.4 Å². The number of likely N-dealkylation sites (tertiary alicyclic amines) is 1. The molecular formula is C29H36N2O7. The van der Waals surface area contributed by atoms with Crippen molar-refractivity contribution in [1.82, 2.24) is 9.80 Å². The summed E-state index contributed by atoms with van der Waals surface area (Å²) in [6.45, 7) is 8.88. The molecule has 2 heterocycles. The first-order chi connectivity index (χ1) is 18.5. The van der Waals surface area contributed by atoms with E-state index in [2.05, 4.69) is 4.90 Å². The maximum Gasteiger partial charge on any atom is 0.295 e. The molecule has 0 aromatic heterocycles. The minimum Gasteiger partial charge on any atom is -0.507 e. The molecule has 0 bridgehead atoms. The summed E-state index contributed by atoms with van der Waals surface area (Å²) >= 11 is 0. The highest BCUT2D eigenvalue weighted by molar-refractivity contribution is 6.46. The van der Waals surface area contributed by atoms with Gasteiger partial charge in [-0.2, -0.15) is 0 Å². The number of nitrogens with zero attached hydrogens (tertiary/aromatic N) is 2. The number of carbonyl (C=O) groups excluding carboxylic acids is 2. The molecule has 204 valence electrons. The van der Waals surface area contributed by atoms with E-state index < -0.39 is 17.7 Å². The topological polar surface area (TPSA) is 97.8 Å². The lowest BCUT2D eigenvalue weighted by molar-refractivity contribution is -0.140. The largest absolute Gasteiger partial charge is 0.507 e. The maximum absolute atomic E-state index is 13.4. The van der Waals surface area contributed by atoms with E-state index in [0.29, 0.717) is 67.8 Å². The van der Waals surface area contributed by atoms with Crippen molar-refractivity contribution in [3.63, 3.8) is 0 Å². The number of morpholine rings is 1. The van der Waals surface area contributed by atoms with Gasteiger partial charge in [-0.25, -0.2) is 0 Å². The predicted octanol–water partition coefficient (Wildman–Crippen LogP) is 3.64. The average molecular weight is 525 g/mol. The summed E-state index contributed by atoms with van der Waals surface area (Å²) < 4.78 is 22.2. The summed E-state index contributed by atoms with van der Waals surface area (Å²) in [5.74, 6) is 0.0314. The molecule has 1 atom stereocenters. The Balaban J connectivity index is 1.73. The van der Waals surface area contributed by atoms with Crippen molar-refractivity contribution in [2.24, 2.45) is 0 Å². The lowest BCUT2D eigenvalue weighted by Crippen LogP contribution is -2.39. The Morgan fingerprint density at radius 3 is 2.47 bits per heavy atom. The van der Waals surface area contributed by atoms with Crippen LogP contribution in [0.5, 0.6) is 17.2 Å². The van der Waals surface area contributed by atoms with Gasteiger partial charge >= 0.3 is 0 Å². The molecule has 1 unspecified atom stereocenters. The Kier molecular flexibility index (Phi) is 9.25. The van der Waals surface area contributed by atoms with Crippen molar-refractivity contribution in [1.29, 1.82) is 0 Å². The van der Waals surface area contributed by atoms with Crippen molar-refractivity contribution in [2.45, 2.75) is 26.3 Å². The summed E-state index contributed by atoms with van der Waals surface area (Å²) in [4.78, 5) is 30.6. The fourth-order valence-electron chi connectivity index (χ4n) is 4.93. The molecule has 2 aromatic rings. The smallest absolute Gasteiger partial charge is 0.295 e.